The van der Waals surface area contributed by atoms with E-state index < -0.39 is 0 Å². The van der Waals surface area contributed by atoms with E-state index in [1.807, 2.05) is 30.3 Å². The fourth-order valence-electron chi connectivity index (χ4n) is 3.29. The van der Waals surface area contributed by atoms with Crippen LogP contribution in [-0.2, 0) is 6.54 Å². The molecular weight excluding hydrogens is 436 g/mol. The number of nitrogens with zero attached hydrogens (tertiary/aromatic N) is 5. The van der Waals surface area contributed by atoms with Gasteiger partial charge < -0.3 is 10.6 Å². The minimum Gasteiger partial charge on any atom is -0.369 e. The Morgan fingerprint density at radius 1 is 1.21 bits per heavy atom. The Morgan fingerprint density at radius 2 is 2.03 bits per heavy atom. The zero-order valence-electron chi connectivity index (χ0n) is 19.0. The van der Waals surface area contributed by atoms with Gasteiger partial charge in [-0.15, -0.1) is 0 Å². The third-order valence-corrected chi connectivity index (χ3v) is 5.66. The predicted octanol–water partition coefficient (Wildman–Crippen LogP) is 3.83. The fourth-order valence-corrected chi connectivity index (χ4v) is 3.86. The molecule has 3 aromatic heterocycles. The molecule has 0 fully saturated rings. The van der Waals surface area contributed by atoms with Gasteiger partial charge in [0.05, 0.1) is 23.8 Å². The second kappa shape index (κ2) is 10.5. The van der Waals surface area contributed by atoms with E-state index in [-0.39, 0.29) is 5.91 Å². The van der Waals surface area contributed by atoms with Crippen LogP contribution in [0.25, 0.3) is 22.3 Å². The fraction of sp³-hybridized carbons (Fsp3) is 0.348. The van der Waals surface area contributed by atoms with Crippen LogP contribution in [0, 0.1) is 5.92 Å². The van der Waals surface area contributed by atoms with Crippen LogP contribution in [-0.4, -0.2) is 54.7 Å². The maximum atomic E-state index is 12.6. The smallest absolute Gasteiger partial charge is 0.269 e. The summed E-state index contributed by atoms with van der Waals surface area (Å²) in [7, 11) is 0. The van der Waals surface area contributed by atoms with Crippen LogP contribution in [0.5, 0.6) is 0 Å². The average molecular weight is 465 g/mol. The molecule has 9 nitrogen and oxygen atoms in total. The normalized spacial score (nSPS) is 11.3. The maximum absolute atomic E-state index is 12.6. The van der Waals surface area contributed by atoms with Gasteiger partial charge in [0, 0.05) is 18.7 Å². The molecule has 4 rings (SSSR count). The first-order valence-corrected chi connectivity index (χ1v) is 12.0. The van der Waals surface area contributed by atoms with E-state index in [4.69, 9.17) is 0 Å². The summed E-state index contributed by atoms with van der Waals surface area (Å²) in [6.45, 7) is 8.10. The SMILES string of the molecule is CCSc1nc(NCC(C)C)c2cnn(CCNC(=O)c3cc(-c4ccccc4)n[nH]3)c2n1. The van der Waals surface area contributed by atoms with E-state index in [2.05, 4.69) is 56.7 Å². The van der Waals surface area contributed by atoms with Crippen molar-refractivity contribution in [3.05, 3.63) is 48.3 Å². The molecule has 33 heavy (non-hydrogen) atoms. The molecule has 0 aliphatic rings. The van der Waals surface area contributed by atoms with Crippen LogP contribution in [0.15, 0.2) is 47.8 Å². The summed E-state index contributed by atoms with van der Waals surface area (Å²) in [5, 5.41) is 19.5. The standard InChI is InChI=1S/C23H28N8OS/c1-4-33-23-27-20(25-13-15(2)3)17-14-26-31(21(17)28-23)11-10-24-22(32)19-12-18(29-30-19)16-8-6-5-7-9-16/h5-9,12,14-15H,4,10-11,13H2,1-3H3,(H,24,32)(H,29,30)(H,25,27,28). The summed E-state index contributed by atoms with van der Waals surface area (Å²) in [5.41, 5.74) is 2.87. The van der Waals surface area contributed by atoms with Crippen molar-refractivity contribution < 1.29 is 4.79 Å². The number of H-pyrrole nitrogens is 1. The van der Waals surface area contributed by atoms with Crippen molar-refractivity contribution in [3.8, 4) is 11.3 Å². The molecule has 0 saturated carbocycles. The molecule has 1 amide bonds. The van der Waals surface area contributed by atoms with Crippen molar-refractivity contribution in [2.45, 2.75) is 32.5 Å². The Labute approximate surface area is 196 Å². The number of hydrogen-bond donors (Lipinski definition) is 3. The number of aromatic amines is 1. The molecule has 1 aromatic carbocycles. The topological polar surface area (TPSA) is 113 Å². The first kappa shape index (κ1) is 22.8. The van der Waals surface area contributed by atoms with Gasteiger partial charge in [0.25, 0.3) is 5.91 Å². The third-order valence-electron chi connectivity index (χ3n) is 4.93. The number of rotatable bonds is 10. The molecule has 0 aliphatic heterocycles. The largest absolute Gasteiger partial charge is 0.369 e. The Morgan fingerprint density at radius 3 is 2.79 bits per heavy atom. The first-order chi connectivity index (χ1) is 16.0. The molecule has 3 N–H and O–H groups in total. The van der Waals surface area contributed by atoms with Gasteiger partial charge in [-0.3, -0.25) is 9.89 Å². The molecule has 0 saturated heterocycles. The van der Waals surface area contributed by atoms with Crippen molar-refractivity contribution in [2.24, 2.45) is 5.92 Å². The summed E-state index contributed by atoms with van der Waals surface area (Å²) < 4.78 is 1.81. The van der Waals surface area contributed by atoms with Crippen LogP contribution < -0.4 is 10.6 Å². The molecule has 0 aliphatic carbocycles. The highest BCUT2D eigenvalue weighted by Crippen LogP contribution is 2.24. The molecule has 3 heterocycles. The van der Waals surface area contributed by atoms with E-state index in [1.54, 1.807) is 28.7 Å². The quantitative estimate of drug-likeness (QED) is 0.241. The summed E-state index contributed by atoms with van der Waals surface area (Å²) in [5.74, 6) is 1.96. The van der Waals surface area contributed by atoms with E-state index in [0.29, 0.717) is 29.9 Å². The Hall–Kier alpha value is -3.40. The van der Waals surface area contributed by atoms with Gasteiger partial charge in [-0.1, -0.05) is 62.9 Å². The van der Waals surface area contributed by atoms with Gasteiger partial charge in [0.15, 0.2) is 10.8 Å². The summed E-state index contributed by atoms with van der Waals surface area (Å²) in [4.78, 5) is 21.9. The number of hydrogen-bond acceptors (Lipinski definition) is 7. The summed E-state index contributed by atoms with van der Waals surface area (Å²) >= 11 is 1.59. The van der Waals surface area contributed by atoms with Crippen molar-refractivity contribution >= 4 is 34.5 Å². The second-order valence-corrected chi connectivity index (χ2v) is 9.19. The van der Waals surface area contributed by atoms with Gasteiger partial charge in [0.2, 0.25) is 0 Å². The molecule has 4 aromatic rings. The maximum Gasteiger partial charge on any atom is 0.269 e. The number of thioether (sulfide) groups is 1. The number of aromatic nitrogens is 6. The van der Waals surface area contributed by atoms with Crippen molar-refractivity contribution in [1.82, 2.24) is 35.3 Å². The summed E-state index contributed by atoms with van der Waals surface area (Å²) in [6, 6.07) is 11.5. The van der Waals surface area contributed by atoms with Gasteiger partial charge >= 0.3 is 0 Å². The van der Waals surface area contributed by atoms with Gasteiger partial charge in [-0.2, -0.15) is 10.2 Å². The Kier molecular flexibility index (Phi) is 7.23. The Balaban J connectivity index is 1.44. The van der Waals surface area contributed by atoms with Gasteiger partial charge in [0.1, 0.15) is 11.5 Å². The number of carbonyl (C=O) groups excluding carboxylic acids is 1. The number of fused-ring (bicyclic) bond motifs is 1. The number of amides is 1. The Bertz CT molecular complexity index is 1220. The van der Waals surface area contributed by atoms with Crippen LogP contribution in [0.2, 0.25) is 0 Å². The summed E-state index contributed by atoms with van der Waals surface area (Å²) in [6.07, 6.45) is 1.78. The van der Waals surface area contributed by atoms with E-state index in [1.165, 1.54) is 0 Å². The van der Waals surface area contributed by atoms with Crippen molar-refractivity contribution in [3.63, 3.8) is 0 Å². The minimum atomic E-state index is -0.211. The first-order valence-electron chi connectivity index (χ1n) is 11.0. The highest BCUT2D eigenvalue weighted by atomic mass is 32.2. The zero-order chi connectivity index (χ0) is 23.2. The second-order valence-electron chi connectivity index (χ2n) is 7.96. The molecule has 0 radical (unpaired) electrons. The molecule has 0 bridgehead atoms. The predicted molar refractivity (Wildman–Crippen MR) is 131 cm³/mol. The molecule has 0 spiro atoms. The van der Waals surface area contributed by atoms with E-state index >= 15 is 0 Å². The lowest BCUT2D eigenvalue weighted by Gasteiger charge is -2.11. The minimum absolute atomic E-state index is 0.211. The van der Waals surface area contributed by atoms with Crippen LogP contribution >= 0.6 is 11.8 Å². The molecule has 10 heteroatoms. The van der Waals surface area contributed by atoms with Gasteiger partial charge in [-0.05, 0) is 17.7 Å². The lowest BCUT2D eigenvalue weighted by molar-refractivity contribution is 0.0947. The third kappa shape index (κ3) is 5.51. The molecule has 0 unspecified atom stereocenters. The van der Waals surface area contributed by atoms with Crippen LogP contribution in [0.1, 0.15) is 31.3 Å². The number of carbonyl (C=O) groups is 1. The zero-order valence-corrected chi connectivity index (χ0v) is 19.8. The number of benzene rings is 1. The highest BCUT2D eigenvalue weighted by Gasteiger charge is 2.15. The van der Waals surface area contributed by atoms with Crippen molar-refractivity contribution in [1.29, 1.82) is 0 Å². The average Bonchev–Trinajstić information content (AvgIpc) is 3.46. The van der Waals surface area contributed by atoms with Crippen molar-refractivity contribution in [2.75, 3.05) is 24.2 Å². The highest BCUT2D eigenvalue weighted by molar-refractivity contribution is 7.99. The van der Waals surface area contributed by atoms with Gasteiger partial charge in [-0.25, -0.2) is 14.6 Å². The molecule has 0 atom stereocenters. The molecular formula is C23H28N8OS. The monoisotopic (exact) mass is 464 g/mol. The molecule has 172 valence electrons. The lowest BCUT2D eigenvalue weighted by atomic mass is 10.1. The van der Waals surface area contributed by atoms with E-state index in [9.17, 15) is 4.79 Å². The van der Waals surface area contributed by atoms with E-state index in [0.717, 1.165) is 40.4 Å². The number of nitrogens with one attached hydrogen (secondary N) is 3. The van der Waals surface area contributed by atoms with Crippen LogP contribution in [0.3, 0.4) is 0 Å². The number of anilines is 1. The lowest BCUT2D eigenvalue weighted by Crippen LogP contribution is -2.27. The van der Waals surface area contributed by atoms with Crippen LogP contribution in [0.4, 0.5) is 5.82 Å².